The number of nitrogens with zero attached hydrogens (tertiary/aromatic N) is 2. The lowest BCUT2D eigenvalue weighted by atomic mass is 10.2. The normalized spacial score (nSPS) is 25.8. The zero-order valence-corrected chi connectivity index (χ0v) is 8.17. The predicted octanol–water partition coefficient (Wildman–Crippen LogP) is 2.59. The zero-order chi connectivity index (χ0) is 8.77. The van der Waals surface area contributed by atoms with Crippen LogP contribution in [0.2, 0.25) is 0 Å². The van der Waals surface area contributed by atoms with E-state index in [1.165, 1.54) is 6.42 Å². The van der Waals surface area contributed by atoms with E-state index >= 15 is 0 Å². The summed E-state index contributed by atoms with van der Waals surface area (Å²) in [7, 11) is 0. The molecular formula is C9H13ClN2. The number of alkyl halides is 1. The van der Waals surface area contributed by atoms with Crippen LogP contribution in [0, 0.1) is 5.41 Å². The summed E-state index contributed by atoms with van der Waals surface area (Å²) >= 11 is 5.78. The van der Waals surface area contributed by atoms with Gasteiger partial charge in [-0.3, -0.25) is 0 Å². The lowest BCUT2D eigenvalue weighted by molar-refractivity contribution is 0.533. The molecule has 1 unspecified atom stereocenters. The van der Waals surface area contributed by atoms with Crippen molar-refractivity contribution in [3.05, 3.63) is 18.2 Å². The molecule has 12 heavy (non-hydrogen) atoms. The molecule has 0 aromatic carbocycles. The van der Waals surface area contributed by atoms with E-state index in [9.17, 15) is 0 Å². The smallest absolute Gasteiger partial charge is 0.0951 e. The van der Waals surface area contributed by atoms with Crippen molar-refractivity contribution in [3.63, 3.8) is 0 Å². The number of halogens is 1. The van der Waals surface area contributed by atoms with Gasteiger partial charge in [0.05, 0.1) is 17.9 Å². The minimum atomic E-state index is 0.446. The van der Waals surface area contributed by atoms with Crippen molar-refractivity contribution in [2.24, 2.45) is 5.41 Å². The second-order valence-corrected chi connectivity index (χ2v) is 4.40. The molecule has 2 nitrogen and oxygen atoms in total. The molecule has 1 aliphatic rings. The summed E-state index contributed by atoms with van der Waals surface area (Å²) < 4.78 is 2.20. The SMILES string of the molecule is CC1(C)CC1n1cncc1CCl. The van der Waals surface area contributed by atoms with Crippen molar-refractivity contribution in [2.45, 2.75) is 32.2 Å². The minimum Gasteiger partial charge on any atom is -0.330 e. The van der Waals surface area contributed by atoms with Crippen LogP contribution in [0.3, 0.4) is 0 Å². The molecular weight excluding hydrogens is 172 g/mol. The standard InChI is InChI=1S/C9H13ClN2/c1-9(2)3-8(9)12-6-11-5-7(12)4-10/h5-6,8H,3-4H2,1-2H3. The van der Waals surface area contributed by atoms with Gasteiger partial charge in [-0.15, -0.1) is 11.6 Å². The fraction of sp³-hybridized carbons (Fsp3) is 0.667. The van der Waals surface area contributed by atoms with Gasteiger partial charge in [0, 0.05) is 12.2 Å². The van der Waals surface area contributed by atoms with Crippen LogP contribution in [0.25, 0.3) is 0 Å². The molecule has 1 heterocycles. The molecule has 1 aromatic rings. The lowest BCUT2D eigenvalue weighted by Crippen LogP contribution is -2.01. The molecule has 1 aliphatic carbocycles. The van der Waals surface area contributed by atoms with Crippen molar-refractivity contribution in [1.29, 1.82) is 0 Å². The maximum atomic E-state index is 5.78. The van der Waals surface area contributed by atoms with Gasteiger partial charge in [-0.2, -0.15) is 0 Å². The van der Waals surface area contributed by atoms with Gasteiger partial charge in [0.25, 0.3) is 0 Å². The zero-order valence-electron chi connectivity index (χ0n) is 7.42. The van der Waals surface area contributed by atoms with E-state index in [2.05, 4.69) is 23.4 Å². The third-order valence-corrected chi connectivity index (χ3v) is 2.95. The molecule has 0 bridgehead atoms. The first-order valence-corrected chi connectivity index (χ1v) is 4.75. The first-order chi connectivity index (χ1) is 5.65. The van der Waals surface area contributed by atoms with Crippen LogP contribution in [-0.2, 0) is 5.88 Å². The average Bonchev–Trinajstić information content (AvgIpc) is 2.51. The molecule has 0 spiro atoms. The van der Waals surface area contributed by atoms with Crippen LogP contribution in [-0.4, -0.2) is 9.55 Å². The van der Waals surface area contributed by atoms with Crippen LogP contribution in [0.15, 0.2) is 12.5 Å². The van der Waals surface area contributed by atoms with Crippen molar-refractivity contribution in [2.75, 3.05) is 0 Å². The summed E-state index contributed by atoms with van der Waals surface area (Å²) in [6, 6.07) is 0.619. The first-order valence-electron chi connectivity index (χ1n) is 4.22. The fourth-order valence-electron chi connectivity index (χ4n) is 1.63. The highest BCUT2D eigenvalue weighted by Crippen LogP contribution is 2.55. The third-order valence-electron chi connectivity index (χ3n) is 2.68. The Morgan fingerprint density at radius 1 is 1.75 bits per heavy atom. The lowest BCUT2D eigenvalue weighted by Gasteiger charge is -2.07. The molecule has 0 aliphatic heterocycles. The van der Waals surface area contributed by atoms with Crippen LogP contribution in [0.1, 0.15) is 32.0 Å². The molecule has 2 rings (SSSR count). The second-order valence-electron chi connectivity index (χ2n) is 4.13. The fourth-order valence-corrected chi connectivity index (χ4v) is 1.84. The molecule has 1 atom stereocenters. The Labute approximate surface area is 77.6 Å². The Morgan fingerprint density at radius 2 is 2.42 bits per heavy atom. The van der Waals surface area contributed by atoms with Crippen LogP contribution in [0.4, 0.5) is 0 Å². The highest BCUT2D eigenvalue weighted by molar-refractivity contribution is 6.16. The summed E-state index contributed by atoms with van der Waals surface area (Å²) in [5, 5.41) is 0. The predicted molar refractivity (Wildman–Crippen MR) is 49.2 cm³/mol. The maximum absolute atomic E-state index is 5.78. The van der Waals surface area contributed by atoms with Crippen molar-refractivity contribution >= 4 is 11.6 Å². The summed E-state index contributed by atoms with van der Waals surface area (Å²) in [6.07, 6.45) is 4.98. The highest BCUT2D eigenvalue weighted by Gasteiger charge is 2.47. The largest absolute Gasteiger partial charge is 0.330 e. The Bertz CT molecular complexity index is 290. The Balaban J connectivity index is 2.24. The van der Waals surface area contributed by atoms with Gasteiger partial charge >= 0.3 is 0 Å². The molecule has 0 amide bonds. The average molecular weight is 185 g/mol. The number of hydrogen-bond donors (Lipinski definition) is 0. The topological polar surface area (TPSA) is 17.8 Å². The van der Waals surface area contributed by atoms with E-state index in [4.69, 9.17) is 11.6 Å². The molecule has 0 N–H and O–H groups in total. The van der Waals surface area contributed by atoms with Crippen molar-refractivity contribution in [3.8, 4) is 0 Å². The summed E-state index contributed by atoms with van der Waals surface area (Å²) in [5.41, 5.74) is 1.58. The quantitative estimate of drug-likeness (QED) is 0.647. The van der Waals surface area contributed by atoms with Crippen LogP contribution < -0.4 is 0 Å². The maximum Gasteiger partial charge on any atom is 0.0951 e. The first kappa shape index (κ1) is 8.11. The molecule has 3 heteroatoms. The van der Waals surface area contributed by atoms with Gasteiger partial charge in [0.15, 0.2) is 0 Å². The molecule has 0 radical (unpaired) electrons. The molecule has 1 saturated carbocycles. The van der Waals surface area contributed by atoms with E-state index in [0.717, 1.165) is 5.69 Å². The second kappa shape index (κ2) is 2.49. The number of rotatable bonds is 2. The van der Waals surface area contributed by atoms with Gasteiger partial charge in [0.2, 0.25) is 0 Å². The Kier molecular flexibility index (Phi) is 1.69. The van der Waals surface area contributed by atoms with Crippen molar-refractivity contribution in [1.82, 2.24) is 9.55 Å². The van der Waals surface area contributed by atoms with E-state index in [-0.39, 0.29) is 0 Å². The molecule has 1 aromatic heterocycles. The number of hydrogen-bond acceptors (Lipinski definition) is 1. The minimum absolute atomic E-state index is 0.446. The molecule has 66 valence electrons. The van der Waals surface area contributed by atoms with Crippen molar-refractivity contribution < 1.29 is 0 Å². The van der Waals surface area contributed by atoms with Gasteiger partial charge in [0.1, 0.15) is 0 Å². The number of imidazole rings is 1. The van der Waals surface area contributed by atoms with E-state index < -0.39 is 0 Å². The summed E-state index contributed by atoms with van der Waals surface area (Å²) in [6.45, 7) is 4.55. The van der Waals surface area contributed by atoms with E-state index in [0.29, 0.717) is 17.3 Å². The van der Waals surface area contributed by atoms with Crippen LogP contribution in [0.5, 0.6) is 0 Å². The summed E-state index contributed by atoms with van der Waals surface area (Å²) in [4.78, 5) is 4.10. The Morgan fingerprint density at radius 3 is 2.92 bits per heavy atom. The molecule has 1 fully saturated rings. The Hall–Kier alpha value is -0.500. The van der Waals surface area contributed by atoms with Gasteiger partial charge in [-0.1, -0.05) is 13.8 Å². The highest BCUT2D eigenvalue weighted by atomic mass is 35.5. The van der Waals surface area contributed by atoms with Gasteiger partial charge < -0.3 is 4.57 Å². The number of aromatic nitrogens is 2. The van der Waals surface area contributed by atoms with Gasteiger partial charge in [-0.25, -0.2) is 4.98 Å². The van der Waals surface area contributed by atoms with E-state index in [1.54, 1.807) is 0 Å². The van der Waals surface area contributed by atoms with Crippen LogP contribution >= 0.6 is 11.6 Å². The summed E-state index contributed by atoms with van der Waals surface area (Å²) in [5.74, 6) is 0.562. The monoisotopic (exact) mass is 184 g/mol. The van der Waals surface area contributed by atoms with Gasteiger partial charge in [-0.05, 0) is 11.8 Å². The van der Waals surface area contributed by atoms with E-state index in [1.807, 2.05) is 12.5 Å². The third kappa shape index (κ3) is 1.14. The molecule has 0 saturated heterocycles.